The number of rotatable bonds is 13. The van der Waals surface area contributed by atoms with Crippen LogP contribution in [0.4, 0.5) is 17.1 Å². The van der Waals surface area contributed by atoms with Gasteiger partial charge in [-0.25, -0.2) is 0 Å². The van der Waals surface area contributed by atoms with Gasteiger partial charge >= 0.3 is 5.17 Å². The fraction of sp³-hybridized carbons (Fsp3) is 0.475. The number of fused-ring (bicyclic) bond motifs is 2. The predicted molar refractivity (Wildman–Crippen MR) is 216 cm³/mol. The molecule has 2 aromatic carbocycles. The average Bonchev–Trinajstić information content (AvgIpc) is 3.94. The third kappa shape index (κ3) is 8.71. The summed E-state index contributed by atoms with van der Waals surface area (Å²) in [6.07, 6.45) is 8.56. The molecule has 304 valence electrons. The van der Waals surface area contributed by atoms with E-state index in [0.717, 1.165) is 34.5 Å². The molecule has 1 aromatic heterocycles. The molecule has 5 aliphatic rings. The number of thioether (sulfide) groups is 1. The zero-order valence-corrected chi connectivity index (χ0v) is 33.0. The largest absolute Gasteiger partial charge is 0.379 e. The molecule has 1 saturated carbocycles. The SMILES string of the molecule is O=C1CCC(N2C(=O)c3cccc(NCc4cn(CCCCC(=O)Nc5ccc(N6CCN(C(=O)CSC7=[NH+][C@@H]8CCCC[C@H]8N7)CC6)cc5)nn4)c3C2=O)C(=O)N1. The van der Waals surface area contributed by atoms with Crippen LogP contribution in [0.5, 0.6) is 0 Å². The van der Waals surface area contributed by atoms with Gasteiger partial charge in [-0.05, 0) is 93.1 Å². The van der Waals surface area contributed by atoms with E-state index in [0.29, 0.717) is 68.1 Å². The molecule has 58 heavy (non-hydrogen) atoms. The van der Waals surface area contributed by atoms with Crippen LogP contribution in [-0.2, 0) is 32.3 Å². The van der Waals surface area contributed by atoms with Gasteiger partial charge in [0.2, 0.25) is 23.6 Å². The van der Waals surface area contributed by atoms with Gasteiger partial charge in [0.15, 0.2) is 0 Å². The van der Waals surface area contributed by atoms with Gasteiger partial charge in [0.25, 0.3) is 11.8 Å². The van der Waals surface area contributed by atoms with E-state index in [1.54, 1.807) is 40.8 Å². The van der Waals surface area contributed by atoms with Gasteiger partial charge in [0, 0.05) is 62.6 Å². The van der Waals surface area contributed by atoms with Gasteiger partial charge in [0.05, 0.1) is 29.6 Å². The lowest BCUT2D eigenvalue weighted by Crippen LogP contribution is -2.77. The molecule has 5 heterocycles. The maximum Gasteiger partial charge on any atom is 0.305 e. The van der Waals surface area contributed by atoms with Gasteiger partial charge < -0.3 is 20.4 Å². The highest BCUT2D eigenvalue weighted by Crippen LogP contribution is 2.32. The van der Waals surface area contributed by atoms with E-state index in [9.17, 15) is 28.8 Å². The number of imide groups is 2. The van der Waals surface area contributed by atoms with Crippen molar-refractivity contribution in [3.05, 3.63) is 65.5 Å². The molecule has 3 aromatic rings. The molecule has 3 fully saturated rings. The Kier molecular flexibility index (Phi) is 11.7. The number of nitrogens with zero attached hydrogens (tertiary/aromatic N) is 6. The van der Waals surface area contributed by atoms with Crippen LogP contribution in [0.3, 0.4) is 0 Å². The van der Waals surface area contributed by atoms with Crippen LogP contribution in [-0.4, -0.2) is 115 Å². The van der Waals surface area contributed by atoms with Crippen molar-refractivity contribution < 1.29 is 33.8 Å². The Balaban J connectivity index is 0.725. The van der Waals surface area contributed by atoms with Crippen LogP contribution in [0.25, 0.3) is 0 Å². The van der Waals surface area contributed by atoms with Crippen LogP contribution in [0, 0.1) is 0 Å². The molecule has 0 bridgehead atoms. The number of amides is 6. The van der Waals surface area contributed by atoms with Gasteiger partial charge in [0.1, 0.15) is 23.8 Å². The second-order valence-corrected chi connectivity index (χ2v) is 16.3. The molecule has 17 nitrogen and oxygen atoms in total. The summed E-state index contributed by atoms with van der Waals surface area (Å²) in [5, 5.41) is 21.4. The third-order valence-corrected chi connectivity index (χ3v) is 12.4. The van der Waals surface area contributed by atoms with Gasteiger partial charge in [-0.15, -0.1) is 5.10 Å². The number of aryl methyl sites for hydroxylation is 1. The summed E-state index contributed by atoms with van der Waals surface area (Å²) in [6, 6.07) is 12.7. The maximum atomic E-state index is 13.4. The molecule has 5 N–H and O–H groups in total. The van der Waals surface area contributed by atoms with Crippen LogP contribution in [0.15, 0.2) is 48.7 Å². The Labute approximate surface area is 339 Å². The standard InChI is InChI=1S/C40H47N11O6S/c52-33(42-25-11-13-27(14-12-25)48-18-20-49(21-19-48)35(54)24-58-40-43-29-7-1-2-8-30(29)44-40)10-3-4-17-50-23-26(46-47-50)22-41-31-9-5-6-28-36(31)39(57)51(38(28)56)32-15-16-34(53)45-37(32)55/h5-6,9,11-14,23,29-30,32,41H,1-4,7-8,10,15-22,24H2,(H,42,52)(H,43,44)(H,45,53,55)/p+1/t29-,30-,32?/m1/s1. The molecule has 18 heteroatoms. The van der Waals surface area contributed by atoms with E-state index in [1.807, 2.05) is 29.2 Å². The number of piperazine rings is 1. The molecule has 8 rings (SSSR count). The Bertz CT molecular complexity index is 2110. The zero-order chi connectivity index (χ0) is 40.2. The third-order valence-electron chi connectivity index (χ3n) is 11.4. The maximum absolute atomic E-state index is 13.4. The van der Waals surface area contributed by atoms with Crippen molar-refractivity contribution >= 4 is 69.4 Å². The second kappa shape index (κ2) is 17.4. The molecular formula is C40H48N11O6S+. The first-order valence-corrected chi connectivity index (χ1v) is 21.1. The lowest BCUT2D eigenvalue weighted by Gasteiger charge is -2.36. The first kappa shape index (κ1) is 39.1. The Morgan fingerprint density at radius 2 is 1.74 bits per heavy atom. The predicted octanol–water partition coefficient (Wildman–Crippen LogP) is 0.833. The normalized spacial score (nSPS) is 21.6. The molecule has 4 aliphatic heterocycles. The van der Waals surface area contributed by atoms with Crippen LogP contribution < -0.4 is 31.2 Å². The van der Waals surface area contributed by atoms with Crippen LogP contribution in [0.1, 0.15) is 84.2 Å². The van der Waals surface area contributed by atoms with E-state index >= 15 is 0 Å². The summed E-state index contributed by atoms with van der Waals surface area (Å²) >= 11 is 1.58. The van der Waals surface area contributed by atoms with Crippen molar-refractivity contribution in [1.82, 2.24) is 35.4 Å². The fourth-order valence-electron chi connectivity index (χ4n) is 8.29. The fourth-order valence-corrected chi connectivity index (χ4v) is 9.21. The van der Waals surface area contributed by atoms with Gasteiger partial charge in [-0.1, -0.05) is 11.3 Å². The number of benzene rings is 2. The number of carbonyl (C=O) groups is 6. The Morgan fingerprint density at radius 3 is 2.53 bits per heavy atom. The number of hydrogen-bond acceptors (Lipinski definition) is 12. The van der Waals surface area contributed by atoms with Crippen molar-refractivity contribution in [2.75, 3.05) is 47.5 Å². The van der Waals surface area contributed by atoms with Crippen LogP contribution >= 0.6 is 11.8 Å². The van der Waals surface area contributed by atoms with Crippen LogP contribution in [0.2, 0.25) is 0 Å². The minimum Gasteiger partial charge on any atom is -0.379 e. The highest BCUT2D eigenvalue weighted by atomic mass is 32.2. The number of anilines is 3. The minimum atomic E-state index is -1.04. The molecule has 1 unspecified atom stereocenters. The van der Waals surface area contributed by atoms with E-state index in [2.05, 4.69) is 41.5 Å². The van der Waals surface area contributed by atoms with Gasteiger partial charge in [-0.3, -0.25) is 54.0 Å². The Morgan fingerprint density at radius 1 is 0.931 bits per heavy atom. The van der Waals surface area contributed by atoms with Crippen molar-refractivity contribution in [2.45, 2.75) is 89.0 Å². The number of carbonyl (C=O) groups excluding carboxylic acids is 6. The van der Waals surface area contributed by atoms with Crippen molar-refractivity contribution in [2.24, 2.45) is 0 Å². The lowest BCUT2D eigenvalue weighted by molar-refractivity contribution is -0.496. The van der Waals surface area contributed by atoms with E-state index < -0.39 is 29.7 Å². The van der Waals surface area contributed by atoms with Gasteiger partial charge in [-0.2, -0.15) is 0 Å². The summed E-state index contributed by atoms with van der Waals surface area (Å²) in [5.74, 6) is -1.70. The molecule has 1 aliphatic carbocycles. The Hall–Kier alpha value is -5.78. The highest BCUT2D eigenvalue weighted by Gasteiger charge is 2.45. The number of nitrogens with one attached hydrogen (secondary N) is 5. The highest BCUT2D eigenvalue weighted by molar-refractivity contribution is 8.14. The molecule has 0 radical (unpaired) electrons. The number of aromatic nitrogens is 3. The molecular weight excluding hydrogens is 763 g/mol. The summed E-state index contributed by atoms with van der Waals surface area (Å²) in [6.45, 7) is 3.68. The molecule has 0 spiro atoms. The minimum absolute atomic E-state index is 0.0504. The first-order chi connectivity index (χ1) is 28.2. The van der Waals surface area contributed by atoms with E-state index in [-0.39, 0.29) is 42.3 Å². The summed E-state index contributed by atoms with van der Waals surface area (Å²) in [5.41, 5.74) is 3.22. The van der Waals surface area contributed by atoms with Crippen molar-refractivity contribution in [3.8, 4) is 0 Å². The summed E-state index contributed by atoms with van der Waals surface area (Å²) < 4.78 is 1.70. The average molecular weight is 811 g/mol. The number of unbranched alkanes of at least 4 members (excludes halogenated alkanes) is 1. The van der Waals surface area contributed by atoms with E-state index in [4.69, 9.17) is 0 Å². The first-order valence-electron chi connectivity index (χ1n) is 20.1. The number of piperidine rings is 1. The monoisotopic (exact) mass is 810 g/mol. The smallest absolute Gasteiger partial charge is 0.305 e. The zero-order valence-electron chi connectivity index (χ0n) is 32.2. The van der Waals surface area contributed by atoms with Crippen molar-refractivity contribution in [1.29, 1.82) is 0 Å². The summed E-state index contributed by atoms with van der Waals surface area (Å²) in [4.78, 5) is 84.9. The van der Waals surface area contributed by atoms with E-state index in [1.165, 1.54) is 25.7 Å². The quantitative estimate of drug-likeness (QED) is 0.120. The second-order valence-electron chi connectivity index (χ2n) is 15.3. The molecule has 2 saturated heterocycles. The number of amidine groups is 1. The number of hydrogen-bond donors (Lipinski definition) is 5. The molecule has 6 amide bonds. The molecule has 3 atom stereocenters. The topological polar surface area (TPSA) is 205 Å². The summed E-state index contributed by atoms with van der Waals surface area (Å²) in [7, 11) is 0. The lowest BCUT2D eigenvalue weighted by atomic mass is 9.92. The van der Waals surface area contributed by atoms with Crippen molar-refractivity contribution in [3.63, 3.8) is 0 Å².